The number of rotatable bonds is 5. The van der Waals surface area contributed by atoms with Gasteiger partial charge in [-0.25, -0.2) is 0 Å². The Labute approximate surface area is 112 Å². The summed E-state index contributed by atoms with van der Waals surface area (Å²) in [4.78, 5) is 0. The van der Waals surface area contributed by atoms with Crippen LogP contribution in [0, 0.1) is 0 Å². The van der Waals surface area contributed by atoms with Gasteiger partial charge in [-0.05, 0) is 30.7 Å². The van der Waals surface area contributed by atoms with E-state index >= 15 is 0 Å². The number of aryl methyl sites for hydroxylation is 1. The molecule has 98 valence electrons. The van der Waals surface area contributed by atoms with Crippen molar-refractivity contribution in [1.29, 1.82) is 0 Å². The van der Waals surface area contributed by atoms with Gasteiger partial charge in [0.2, 0.25) is 0 Å². The summed E-state index contributed by atoms with van der Waals surface area (Å²) in [6.45, 7) is 4.10. The van der Waals surface area contributed by atoms with E-state index in [1.807, 2.05) is 18.3 Å². The molecule has 2 N–H and O–H groups in total. The van der Waals surface area contributed by atoms with Crippen molar-refractivity contribution in [2.75, 3.05) is 5.32 Å². The molecular weight excluding hydrogens is 236 g/mol. The Kier molecular flexibility index (Phi) is 3.23. The van der Waals surface area contributed by atoms with Gasteiger partial charge in [0.1, 0.15) is 0 Å². The topological polar surface area (TPSA) is 45.6 Å². The second kappa shape index (κ2) is 5.18. The van der Waals surface area contributed by atoms with Gasteiger partial charge in [-0.1, -0.05) is 13.0 Å². The number of nitrogens with zero attached hydrogens (tertiary/aromatic N) is 2. The van der Waals surface area contributed by atoms with Crippen molar-refractivity contribution < 1.29 is 0 Å². The van der Waals surface area contributed by atoms with Crippen LogP contribution >= 0.6 is 0 Å². The molecule has 2 aromatic heterocycles. The van der Waals surface area contributed by atoms with E-state index in [1.165, 1.54) is 5.69 Å². The highest BCUT2D eigenvalue weighted by molar-refractivity contribution is 5.90. The van der Waals surface area contributed by atoms with Crippen LogP contribution in [0.4, 0.5) is 5.69 Å². The number of hydrogen-bond donors (Lipinski definition) is 2. The van der Waals surface area contributed by atoms with E-state index < -0.39 is 0 Å². The molecule has 0 saturated heterocycles. The number of aromatic nitrogens is 3. The molecule has 0 saturated carbocycles. The van der Waals surface area contributed by atoms with Crippen molar-refractivity contribution in [3.63, 3.8) is 0 Å². The van der Waals surface area contributed by atoms with E-state index in [0.717, 1.165) is 36.1 Å². The van der Waals surface area contributed by atoms with Crippen LogP contribution in [0.5, 0.6) is 0 Å². The van der Waals surface area contributed by atoms with Gasteiger partial charge < -0.3 is 9.88 Å². The zero-order valence-electron chi connectivity index (χ0n) is 11.1. The van der Waals surface area contributed by atoms with Crippen molar-refractivity contribution >= 4 is 16.6 Å². The summed E-state index contributed by atoms with van der Waals surface area (Å²) >= 11 is 0. The molecule has 0 aliphatic carbocycles. The van der Waals surface area contributed by atoms with Crippen LogP contribution in [0.2, 0.25) is 0 Å². The predicted molar refractivity (Wildman–Crippen MR) is 78.1 cm³/mol. The molecule has 0 aliphatic rings. The van der Waals surface area contributed by atoms with E-state index in [9.17, 15) is 0 Å². The summed E-state index contributed by atoms with van der Waals surface area (Å²) in [6, 6.07) is 10.4. The van der Waals surface area contributed by atoms with Gasteiger partial charge in [-0.2, -0.15) is 5.10 Å². The molecule has 0 aliphatic heterocycles. The highest BCUT2D eigenvalue weighted by Gasteiger charge is 2.04. The fraction of sp³-hybridized carbons (Fsp3) is 0.267. The average Bonchev–Trinajstić information content (AvgIpc) is 3.05. The van der Waals surface area contributed by atoms with Gasteiger partial charge in [0.05, 0.1) is 18.3 Å². The van der Waals surface area contributed by atoms with E-state index in [2.05, 4.69) is 51.4 Å². The molecule has 2 heterocycles. The molecule has 4 nitrogen and oxygen atoms in total. The lowest BCUT2D eigenvalue weighted by molar-refractivity contribution is 0.654. The molecule has 0 atom stereocenters. The van der Waals surface area contributed by atoms with Gasteiger partial charge in [-0.3, -0.25) is 5.10 Å². The molecule has 19 heavy (non-hydrogen) atoms. The molecule has 0 spiro atoms. The number of fused-ring (bicyclic) bond motifs is 1. The number of anilines is 1. The molecule has 3 aromatic rings. The van der Waals surface area contributed by atoms with Crippen LogP contribution < -0.4 is 5.32 Å². The molecule has 0 amide bonds. The fourth-order valence-corrected chi connectivity index (χ4v) is 2.38. The van der Waals surface area contributed by atoms with E-state index in [0.29, 0.717) is 0 Å². The van der Waals surface area contributed by atoms with Crippen LogP contribution in [0.15, 0.2) is 42.7 Å². The number of nitrogens with one attached hydrogen (secondary N) is 2. The minimum atomic E-state index is 0.831. The van der Waals surface area contributed by atoms with Gasteiger partial charge >= 0.3 is 0 Å². The maximum Gasteiger partial charge on any atom is 0.0671 e. The van der Waals surface area contributed by atoms with Crippen LogP contribution in [0.1, 0.15) is 19.0 Å². The second-order valence-electron chi connectivity index (χ2n) is 4.68. The quantitative estimate of drug-likeness (QED) is 0.733. The zero-order chi connectivity index (χ0) is 13.1. The van der Waals surface area contributed by atoms with Crippen LogP contribution in [-0.2, 0) is 13.1 Å². The molecular formula is C15H18N4. The van der Waals surface area contributed by atoms with Crippen molar-refractivity contribution in [2.24, 2.45) is 0 Å². The molecule has 0 unspecified atom stereocenters. The Balaban J connectivity index is 1.78. The maximum atomic E-state index is 4.08. The van der Waals surface area contributed by atoms with E-state index in [-0.39, 0.29) is 0 Å². The molecule has 1 aromatic carbocycles. The Morgan fingerprint density at radius 3 is 3.11 bits per heavy atom. The van der Waals surface area contributed by atoms with Gasteiger partial charge in [0.15, 0.2) is 0 Å². The molecule has 0 radical (unpaired) electrons. The summed E-state index contributed by atoms with van der Waals surface area (Å²) in [5, 5.41) is 11.7. The Morgan fingerprint density at radius 1 is 1.26 bits per heavy atom. The first-order valence-electron chi connectivity index (χ1n) is 6.68. The number of benzene rings is 1. The summed E-state index contributed by atoms with van der Waals surface area (Å²) in [5.41, 5.74) is 3.49. The van der Waals surface area contributed by atoms with E-state index in [4.69, 9.17) is 0 Å². The average molecular weight is 254 g/mol. The predicted octanol–water partition coefficient (Wildman–Crippen LogP) is 3.39. The molecule has 4 heteroatoms. The SMILES string of the molecule is CCCn1cccc1CNc1cccc2[nH]ncc12. The summed E-state index contributed by atoms with van der Waals surface area (Å²) in [5.74, 6) is 0. The van der Waals surface area contributed by atoms with Crippen molar-refractivity contribution in [1.82, 2.24) is 14.8 Å². The van der Waals surface area contributed by atoms with Gasteiger partial charge in [0, 0.05) is 29.5 Å². The maximum absolute atomic E-state index is 4.08. The third-order valence-electron chi connectivity index (χ3n) is 3.33. The van der Waals surface area contributed by atoms with Crippen LogP contribution in [0.3, 0.4) is 0 Å². The summed E-state index contributed by atoms with van der Waals surface area (Å²) in [7, 11) is 0. The number of aromatic amines is 1. The monoisotopic (exact) mass is 254 g/mol. The smallest absolute Gasteiger partial charge is 0.0671 e. The first-order valence-corrected chi connectivity index (χ1v) is 6.68. The first kappa shape index (κ1) is 11.8. The third-order valence-corrected chi connectivity index (χ3v) is 3.33. The molecule has 0 fully saturated rings. The molecule has 3 rings (SSSR count). The lowest BCUT2D eigenvalue weighted by Gasteiger charge is -2.10. The Hall–Kier alpha value is -2.23. The molecule has 0 bridgehead atoms. The normalized spacial score (nSPS) is 11.0. The minimum absolute atomic E-state index is 0.831. The third kappa shape index (κ3) is 2.34. The second-order valence-corrected chi connectivity index (χ2v) is 4.68. The van der Waals surface area contributed by atoms with Crippen LogP contribution in [0.25, 0.3) is 10.9 Å². The van der Waals surface area contributed by atoms with Crippen LogP contribution in [-0.4, -0.2) is 14.8 Å². The van der Waals surface area contributed by atoms with Gasteiger partial charge in [-0.15, -0.1) is 0 Å². The number of H-pyrrole nitrogens is 1. The Morgan fingerprint density at radius 2 is 2.21 bits per heavy atom. The first-order chi connectivity index (χ1) is 9.38. The van der Waals surface area contributed by atoms with Crippen molar-refractivity contribution in [3.8, 4) is 0 Å². The Bertz CT molecular complexity index is 665. The summed E-state index contributed by atoms with van der Waals surface area (Å²) < 4.78 is 2.29. The lowest BCUT2D eigenvalue weighted by Crippen LogP contribution is -2.07. The largest absolute Gasteiger partial charge is 0.379 e. The summed E-state index contributed by atoms with van der Waals surface area (Å²) in [6.07, 6.45) is 5.15. The zero-order valence-corrected chi connectivity index (χ0v) is 11.1. The standard InChI is InChI=1S/C15H18N4/c1-2-8-19-9-4-5-12(19)10-16-14-6-3-7-15-13(14)11-17-18-15/h3-7,9,11,16H,2,8,10H2,1H3,(H,17,18). The number of hydrogen-bond acceptors (Lipinski definition) is 2. The lowest BCUT2D eigenvalue weighted by atomic mass is 10.2. The highest BCUT2D eigenvalue weighted by Crippen LogP contribution is 2.21. The van der Waals surface area contributed by atoms with Crippen molar-refractivity contribution in [2.45, 2.75) is 26.4 Å². The van der Waals surface area contributed by atoms with E-state index in [1.54, 1.807) is 0 Å². The fourth-order valence-electron chi connectivity index (χ4n) is 2.38. The van der Waals surface area contributed by atoms with Gasteiger partial charge in [0.25, 0.3) is 0 Å². The van der Waals surface area contributed by atoms with Crippen molar-refractivity contribution in [3.05, 3.63) is 48.4 Å². The highest BCUT2D eigenvalue weighted by atomic mass is 15.1. The minimum Gasteiger partial charge on any atom is -0.379 e.